The van der Waals surface area contributed by atoms with Crippen LogP contribution in [0.25, 0.3) is 0 Å². The molecular weight excluding hydrogens is 352 g/mol. The minimum Gasteiger partial charge on any atom is -0.493 e. The lowest BCUT2D eigenvalue weighted by Crippen LogP contribution is -2.13. The first-order valence-corrected chi connectivity index (χ1v) is 10.1. The van der Waals surface area contributed by atoms with Gasteiger partial charge in [0.2, 0.25) is 0 Å². The molecule has 0 amide bonds. The lowest BCUT2D eigenvalue weighted by Gasteiger charge is -2.18. The molecule has 0 fully saturated rings. The van der Waals surface area contributed by atoms with E-state index in [9.17, 15) is 4.79 Å². The Hall–Kier alpha value is -2.49. The average molecular weight is 385 g/mol. The van der Waals surface area contributed by atoms with Gasteiger partial charge in [-0.2, -0.15) is 0 Å². The highest BCUT2D eigenvalue weighted by atomic mass is 16.5. The van der Waals surface area contributed by atoms with Gasteiger partial charge in [0.1, 0.15) is 11.5 Å². The third-order valence-electron chi connectivity index (χ3n) is 5.03. The minimum atomic E-state index is -0.774. The highest BCUT2D eigenvalue weighted by Gasteiger charge is 2.11. The molecule has 1 N–H and O–H groups in total. The number of carboxylic acids is 1. The molecule has 2 rings (SSSR count). The van der Waals surface area contributed by atoms with Crippen molar-refractivity contribution in [2.45, 2.75) is 65.9 Å². The summed E-state index contributed by atoms with van der Waals surface area (Å²) in [5.41, 5.74) is 4.70. The molecule has 4 nitrogen and oxygen atoms in total. The second-order valence-corrected chi connectivity index (χ2v) is 7.35. The molecule has 152 valence electrons. The van der Waals surface area contributed by atoms with Gasteiger partial charge in [-0.1, -0.05) is 30.7 Å². The summed E-state index contributed by atoms with van der Waals surface area (Å²) in [5, 5.41) is 8.82. The Labute approximate surface area is 168 Å². The summed E-state index contributed by atoms with van der Waals surface area (Å²) in [4.78, 5) is 10.7. The first-order valence-electron chi connectivity index (χ1n) is 10.1. The number of benzene rings is 1. The highest BCUT2D eigenvalue weighted by Crippen LogP contribution is 2.23. The number of ether oxygens (including phenoxy) is 2. The fraction of sp³-hybridized carbons (Fsp3) is 0.458. The van der Waals surface area contributed by atoms with E-state index < -0.39 is 5.97 Å². The van der Waals surface area contributed by atoms with Crippen molar-refractivity contribution in [3.8, 4) is 5.75 Å². The van der Waals surface area contributed by atoms with E-state index >= 15 is 0 Å². The molecule has 1 unspecified atom stereocenters. The van der Waals surface area contributed by atoms with E-state index in [4.69, 9.17) is 14.6 Å². The Balaban J connectivity index is 1.82. The predicted octanol–water partition coefficient (Wildman–Crippen LogP) is 5.76. The van der Waals surface area contributed by atoms with Crippen molar-refractivity contribution in [1.82, 2.24) is 0 Å². The number of aryl methyl sites for hydroxylation is 2. The van der Waals surface area contributed by atoms with E-state index in [1.165, 1.54) is 11.1 Å². The van der Waals surface area contributed by atoms with E-state index in [2.05, 4.69) is 39.0 Å². The molecule has 0 aromatic heterocycles. The summed E-state index contributed by atoms with van der Waals surface area (Å²) in [6.45, 7) is 8.89. The number of rotatable bonds is 10. The van der Waals surface area contributed by atoms with E-state index in [0.717, 1.165) is 41.9 Å². The summed E-state index contributed by atoms with van der Waals surface area (Å²) in [6.07, 6.45) is 10.1. The van der Waals surface area contributed by atoms with Gasteiger partial charge in [-0.3, -0.25) is 4.79 Å². The molecule has 0 saturated heterocycles. The number of hydrogen-bond acceptors (Lipinski definition) is 3. The lowest BCUT2D eigenvalue weighted by atomic mass is 10.0. The van der Waals surface area contributed by atoms with Crippen LogP contribution in [-0.4, -0.2) is 23.8 Å². The number of carboxylic acid groups (broad SMARTS) is 1. The molecule has 0 heterocycles. The molecule has 1 aromatic carbocycles. The minimum absolute atomic E-state index is 0.0575. The third-order valence-corrected chi connectivity index (χ3v) is 5.03. The molecule has 1 aromatic rings. The molecule has 0 bridgehead atoms. The van der Waals surface area contributed by atoms with Crippen molar-refractivity contribution in [1.29, 1.82) is 0 Å². The van der Waals surface area contributed by atoms with Gasteiger partial charge >= 0.3 is 5.97 Å². The van der Waals surface area contributed by atoms with Crippen molar-refractivity contribution in [2.24, 2.45) is 0 Å². The fourth-order valence-electron chi connectivity index (χ4n) is 3.07. The van der Waals surface area contributed by atoms with Gasteiger partial charge in [-0.05, 0) is 74.9 Å². The largest absolute Gasteiger partial charge is 0.493 e. The molecule has 0 saturated carbocycles. The summed E-state index contributed by atoms with van der Waals surface area (Å²) in [6, 6.07) is 5.84. The van der Waals surface area contributed by atoms with Crippen molar-refractivity contribution in [2.75, 3.05) is 6.61 Å². The first-order chi connectivity index (χ1) is 13.4. The van der Waals surface area contributed by atoms with Gasteiger partial charge in [0.25, 0.3) is 0 Å². The number of allylic oxidation sites excluding steroid dienone is 5. The Kier molecular flexibility index (Phi) is 8.37. The van der Waals surface area contributed by atoms with Crippen molar-refractivity contribution in [3.63, 3.8) is 0 Å². The number of aliphatic carboxylic acids is 1. The zero-order chi connectivity index (χ0) is 20.5. The zero-order valence-electron chi connectivity index (χ0n) is 17.5. The highest BCUT2D eigenvalue weighted by molar-refractivity contribution is 5.67. The van der Waals surface area contributed by atoms with E-state index in [1.54, 1.807) is 0 Å². The molecule has 1 aliphatic carbocycles. The summed E-state index contributed by atoms with van der Waals surface area (Å²) >= 11 is 0. The summed E-state index contributed by atoms with van der Waals surface area (Å²) in [7, 11) is 0. The molecule has 28 heavy (non-hydrogen) atoms. The van der Waals surface area contributed by atoms with Crippen LogP contribution in [0.15, 0.2) is 53.3 Å². The summed E-state index contributed by atoms with van der Waals surface area (Å²) in [5.74, 6) is 0.975. The van der Waals surface area contributed by atoms with Gasteiger partial charge < -0.3 is 14.6 Å². The van der Waals surface area contributed by atoms with Crippen LogP contribution in [0, 0.1) is 6.92 Å². The normalized spacial score (nSPS) is 15.1. The van der Waals surface area contributed by atoms with Crippen molar-refractivity contribution in [3.05, 3.63) is 64.5 Å². The number of carbonyl (C=O) groups is 1. The average Bonchev–Trinajstić information content (AvgIpc) is 2.82. The van der Waals surface area contributed by atoms with Crippen LogP contribution in [-0.2, 0) is 16.0 Å². The Morgan fingerprint density at radius 2 is 2.04 bits per heavy atom. The SMILES string of the molecule is CCC1=CC=C(OC(C)CCOc2ccc(CCC(=O)O)c(C)c2)C(C)=CC1. The number of hydrogen-bond donors (Lipinski definition) is 1. The second kappa shape index (κ2) is 10.7. The topological polar surface area (TPSA) is 55.8 Å². The van der Waals surface area contributed by atoms with E-state index in [0.29, 0.717) is 13.0 Å². The third kappa shape index (κ3) is 6.91. The predicted molar refractivity (Wildman–Crippen MR) is 113 cm³/mol. The quantitative estimate of drug-likeness (QED) is 0.557. The van der Waals surface area contributed by atoms with Crippen LogP contribution in [0.3, 0.4) is 0 Å². The fourth-order valence-corrected chi connectivity index (χ4v) is 3.07. The van der Waals surface area contributed by atoms with Crippen LogP contribution in [0.2, 0.25) is 0 Å². The molecule has 0 spiro atoms. The van der Waals surface area contributed by atoms with Crippen LogP contribution in [0.4, 0.5) is 0 Å². The van der Waals surface area contributed by atoms with E-state index in [1.807, 2.05) is 25.1 Å². The van der Waals surface area contributed by atoms with Gasteiger partial charge in [-0.15, -0.1) is 0 Å². The smallest absolute Gasteiger partial charge is 0.303 e. The summed E-state index contributed by atoms with van der Waals surface area (Å²) < 4.78 is 12.0. The lowest BCUT2D eigenvalue weighted by molar-refractivity contribution is -0.136. The maximum absolute atomic E-state index is 10.7. The van der Waals surface area contributed by atoms with Crippen LogP contribution < -0.4 is 4.74 Å². The Morgan fingerprint density at radius 1 is 1.25 bits per heavy atom. The van der Waals surface area contributed by atoms with Crippen LogP contribution in [0.5, 0.6) is 5.75 Å². The first kappa shape index (κ1) is 21.8. The van der Waals surface area contributed by atoms with Gasteiger partial charge in [0.15, 0.2) is 0 Å². The van der Waals surface area contributed by atoms with Crippen LogP contribution in [0.1, 0.15) is 57.6 Å². The molecular formula is C24H32O4. The van der Waals surface area contributed by atoms with Crippen molar-refractivity contribution < 1.29 is 19.4 Å². The zero-order valence-corrected chi connectivity index (χ0v) is 17.5. The van der Waals surface area contributed by atoms with Gasteiger partial charge in [-0.25, -0.2) is 0 Å². The second-order valence-electron chi connectivity index (χ2n) is 7.35. The molecule has 0 radical (unpaired) electrons. The Bertz CT molecular complexity index is 771. The van der Waals surface area contributed by atoms with Gasteiger partial charge in [0.05, 0.1) is 12.7 Å². The van der Waals surface area contributed by atoms with Crippen molar-refractivity contribution >= 4 is 5.97 Å². The van der Waals surface area contributed by atoms with Gasteiger partial charge in [0, 0.05) is 12.8 Å². The molecule has 0 aliphatic heterocycles. The standard InChI is InChI=1S/C24H32O4/c1-5-20-7-6-17(2)23(12-8-20)28-19(4)14-15-27-22-11-9-21(18(3)16-22)10-13-24(25)26/h6,8-9,11-12,16,19H,5,7,10,13-15H2,1-4H3,(H,25,26). The molecule has 1 aliphatic rings. The maximum atomic E-state index is 10.7. The molecule has 4 heteroatoms. The Morgan fingerprint density at radius 3 is 2.71 bits per heavy atom. The van der Waals surface area contributed by atoms with E-state index in [-0.39, 0.29) is 12.5 Å². The monoisotopic (exact) mass is 384 g/mol. The maximum Gasteiger partial charge on any atom is 0.303 e. The van der Waals surface area contributed by atoms with Crippen LogP contribution >= 0.6 is 0 Å². The molecule has 1 atom stereocenters.